The molecule has 2 fully saturated rings. The molecule has 2 aliphatic heterocycles. The lowest BCUT2D eigenvalue weighted by molar-refractivity contribution is -0.138. The van der Waals surface area contributed by atoms with Crippen LogP contribution >= 0.6 is 0 Å². The molecule has 0 bridgehead atoms. The smallest absolute Gasteiger partial charge is 0.332 e. The molecule has 3 rings (SSSR count). The highest BCUT2D eigenvalue weighted by atomic mass is 16.2. The van der Waals surface area contributed by atoms with Gasteiger partial charge in [-0.25, -0.2) is 4.79 Å². The maximum atomic E-state index is 12.8. The van der Waals surface area contributed by atoms with E-state index in [1.54, 1.807) is 11.8 Å². The molecule has 0 aromatic heterocycles. The number of anilines is 1. The summed E-state index contributed by atoms with van der Waals surface area (Å²) in [4.78, 5) is 42.2. The molecule has 134 valence electrons. The fourth-order valence-electron chi connectivity index (χ4n) is 3.56. The van der Waals surface area contributed by atoms with Crippen LogP contribution in [0.4, 0.5) is 10.5 Å². The molecule has 0 aliphatic carbocycles. The van der Waals surface area contributed by atoms with Gasteiger partial charge >= 0.3 is 6.03 Å². The van der Waals surface area contributed by atoms with Gasteiger partial charge in [-0.15, -0.1) is 0 Å². The van der Waals surface area contributed by atoms with E-state index < -0.39 is 12.1 Å². The Kier molecular flexibility index (Phi) is 4.79. The summed E-state index contributed by atoms with van der Waals surface area (Å²) >= 11 is 0. The second-order valence-corrected chi connectivity index (χ2v) is 7.18. The van der Waals surface area contributed by atoms with Crippen LogP contribution in [0.15, 0.2) is 24.3 Å². The molecule has 0 spiro atoms. The Labute approximate surface area is 148 Å². The number of carbonyl (C=O) groups is 3. The summed E-state index contributed by atoms with van der Waals surface area (Å²) in [5.41, 5.74) is 1.76. The van der Waals surface area contributed by atoms with Crippen LogP contribution in [0.1, 0.15) is 32.3 Å². The summed E-state index contributed by atoms with van der Waals surface area (Å²) < 4.78 is 0. The first-order valence-electron chi connectivity index (χ1n) is 8.87. The number of carbonyl (C=O) groups excluding carboxylic acids is 3. The number of hydrogen-bond donors (Lipinski definition) is 0. The lowest BCUT2D eigenvalue weighted by atomic mass is 10.0. The minimum Gasteiger partial charge on any atom is -0.341 e. The van der Waals surface area contributed by atoms with Crippen LogP contribution in [-0.4, -0.2) is 53.3 Å². The van der Waals surface area contributed by atoms with Gasteiger partial charge in [-0.2, -0.15) is 0 Å². The van der Waals surface area contributed by atoms with Gasteiger partial charge in [0, 0.05) is 18.8 Å². The number of rotatable bonds is 3. The lowest BCUT2D eigenvalue weighted by Crippen LogP contribution is -2.46. The average Bonchev–Trinajstić information content (AvgIpc) is 2.79. The van der Waals surface area contributed by atoms with Crippen molar-refractivity contribution in [2.24, 2.45) is 5.92 Å². The first-order chi connectivity index (χ1) is 11.9. The van der Waals surface area contributed by atoms with Crippen LogP contribution in [0.2, 0.25) is 0 Å². The van der Waals surface area contributed by atoms with Crippen LogP contribution in [0.5, 0.6) is 0 Å². The van der Waals surface area contributed by atoms with Gasteiger partial charge in [-0.05, 0) is 44.7 Å². The Hall–Kier alpha value is -2.37. The Balaban J connectivity index is 1.74. The number of amides is 4. The zero-order valence-corrected chi connectivity index (χ0v) is 15.1. The first kappa shape index (κ1) is 17.5. The summed E-state index contributed by atoms with van der Waals surface area (Å²) in [6.07, 6.45) is 2.09. The number of piperidine rings is 1. The Morgan fingerprint density at radius 2 is 1.84 bits per heavy atom. The molecular weight excluding hydrogens is 318 g/mol. The van der Waals surface area contributed by atoms with Crippen molar-refractivity contribution in [2.45, 2.75) is 39.7 Å². The van der Waals surface area contributed by atoms with E-state index in [2.05, 4.69) is 6.92 Å². The van der Waals surface area contributed by atoms with Crippen molar-refractivity contribution in [3.8, 4) is 0 Å². The molecule has 2 aliphatic rings. The standard InChI is InChI=1S/C19H25N3O3/c1-13-6-8-16(9-7-13)22-15(3)18(24)21(19(22)25)12-17(23)20-10-4-5-14(2)11-20/h6-9,14-15H,4-5,10-12H2,1-3H3. The minimum absolute atomic E-state index is 0.147. The predicted molar refractivity (Wildman–Crippen MR) is 95.2 cm³/mol. The summed E-state index contributed by atoms with van der Waals surface area (Å²) in [7, 11) is 0. The average molecular weight is 343 g/mol. The van der Waals surface area contributed by atoms with Gasteiger partial charge in [0.2, 0.25) is 5.91 Å². The van der Waals surface area contributed by atoms with E-state index in [-0.39, 0.29) is 18.4 Å². The van der Waals surface area contributed by atoms with Gasteiger partial charge in [0.25, 0.3) is 5.91 Å². The molecule has 0 radical (unpaired) electrons. The number of nitrogens with zero attached hydrogens (tertiary/aromatic N) is 3. The minimum atomic E-state index is -0.594. The van der Waals surface area contributed by atoms with Crippen molar-refractivity contribution in [1.82, 2.24) is 9.80 Å². The molecule has 6 heteroatoms. The van der Waals surface area contributed by atoms with Crippen molar-refractivity contribution < 1.29 is 14.4 Å². The maximum Gasteiger partial charge on any atom is 0.332 e. The number of hydrogen-bond acceptors (Lipinski definition) is 3. The number of likely N-dealkylation sites (tertiary alicyclic amines) is 1. The van der Waals surface area contributed by atoms with Crippen molar-refractivity contribution in [3.63, 3.8) is 0 Å². The van der Waals surface area contributed by atoms with E-state index in [0.29, 0.717) is 24.7 Å². The van der Waals surface area contributed by atoms with Crippen LogP contribution in [-0.2, 0) is 9.59 Å². The molecule has 0 N–H and O–H groups in total. The molecule has 2 saturated heterocycles. The Morgan fingerprint density at radius 3 is 2.48 bits per heavy atom. The van der Waals surface area contributed by atoms with Gasteiger partial charge in [0.05, 0.1) is 0 Å². The van der Waals surface area contributed by atoms with E-state index >= 15 is 0 Å². The van der Waals surface area contributed by atoms with Gasteiger partial charge in [-0.3, -0.25) is 19.4 Å². The SMILES string of the molecule is Cc1ccc(N2C(=O)N(CC(=O)N3CCCC(C)C3)C(=O)C2C)cc1. The zero-order valence-electron chi connectivity index (χ0n) is 15.1. The molecule has 4 amide bonds. The monoisotopic (exact) mass is 343 g/mol. The molecule has 0 saturated carbocycles. The largest absolute Gasteiger partial charge is 0.341 e. The van der Waals surface area contributed by atoms with Crippen LogP contribution in [0.25, 0.3) is 0 Å². The van der Waals surface area contributed by atoms with Gasteiger partial charge < -0.3 is 4.90 Å². The van der Waals surface area contributed by atoms with Gasteiger partial charge in [0.1, 0.15) is 12.6 Å². The second kappa shape index (κ2) is 6.86. The molecule has 1 aromatic rings. The van der Waals surface area contributed by atoms with Crippen LogP contribution < -0.4 is 4.90 Å². The third kappa shape index (κ3) is 3.38. The first-order valence-corrected chi connectivity index (χ1v) is 8.87. The quantitative estimate of drug-likeness (QED) is 0.792. The Bertz CT molecular complexity index is 686. The summed E-state index contributed by atoms with van der Waals surface area (Å²) in [6, 6.07) is 6.46. The van der Waals surface area contributed by atoms with Crippen molar-refractivity contribution in [2.75, 3.05) is 24.5 Å². The van der Waals surface area contributed by atoms with Crippen molar-refractivity contribution >= 4 is 23.5 Å². The molecule has 2 heterocycles. The Morgan fingerprint density at radius 1 is 1.16 bits per heavy atom. The highest BCUT2D eigenvalue weighted by Gasteiger charge is 2.44. The molecule has 6 nitrogen and oxygen atoms in total. The molecular formula is C19H25N3O3. The summed E-state index contributed by atoms with van der Waals surface area (Å²) in [5.74, 6) is 0.000788. The highest BCUT2D eigenvalue weighted by molar-refractivity contribution is 6.15. The maximum absolute atomic E-state index is 12.8. The lowest BCUT2D eigenvalue weighted by Gasteiger charge is -2.31. The van der Waals surface area contributed by atoms with Gasteiger partial charge in [0.15, 0.2) is 0 Å². The van der Waals surface area contributed by atoms with Crippen LogP contribution in [0.3, 0.4) is 0 Å². The number of aryl methyl sites for hydroxylation is 1. The molecule has 2 atom stereocenters. The van der Waals surface area contributed by atoms with E-state index in [9.17, 15) is 14.4 Å². The van der Waals surface area contributed by atoms with E-state index in [1.807, 2.05) is 31.2 Å². The zero-order chi connectivity index (χ0) is 18.1. The molecule has 2 unspecified atom stereocenters. The molecule has 25 heavy (non-hydrogen) atoms. The third-order valence-electron chi connectivity index (χ3n) is 5.06. The highest BCUT2D eigenvalue weighted by Crippen LogP contribution is 2.26. The summed E-state index contributed by atoms with van der Waals surface area (Å²) in [5, 5.41) is 0. The fourth-order valence-corrected chi connectivity index (χ4v) is 3.56. The summed E-state index contributed by atoms with van der Waals surface area (Å²) in [6.45, 7) is 7.02. The van der Waals surface area contributed by atoms with E-state index in [4.69, 9.17) is 0 Å². The number of benzene rings is 1. The van der Waals surface area contributed by atoms with Gasteiger partial charge in [-0.1, -0.05) is 24.6 Å². The topological polar surface area (TPSA) is 60.9 Å². The van der Waals surface area contributed by atoms with Crippen molar-refractivity contribution in [3.05, 3.63) is 29.8 Å². The third-order valence-corrected chi connectivity index (χ3v) is 5.06. The normalized spacial score (nSPS) is 24.2. The van der Waals surface area contributed by atoms with Crippen LogP contribution in [0, 0.1) is 12.8 Å². The van der Waals surface area contributed by atoms with E-state index in [1.165, 1.54) is 4.90 Å². The number of imide groups is 1. The predicted octanol–water partition coefficient (Wildman–Crippen LogP) is 2.41. The van der Waals surface area contributed by atoms with E-state index in [0.717, 1.165) is 23.3 Å². The number of urea groups is 1. The second-order valence-electron chi connectivity index (χ2n) is 7.18. The van der Waals surface area contributed by atoms with Crippen molar-refractivity contribution in [1.29, 1.82) is 0 Å². The molecule has 1 aromatic carbocycles. The fraction of sp³-hybridized carbons (Fsp3) is 0.526.